The topological polar surface area (TPSA) is 16.1 Å². The standard InChI is InChI=1S/C68H48N2/c1-3-64-44(2)59-16-10-11-19-65(59)70(64)66-39-37-58(43-69-66)50-22-20-49(21-23-50)57-36-38-62-63(42-57)68(52-32-26-48(27-33-52)56-35-29-46-13-5-7-15-54(46)41-56)61-18-9-8-17-60(61)67(62)51-30-24-47(25-31-51)55-34-28-45-12-4-6-14-53(45)40-55/h3-44,64H,1H2,2H3. The maximum absolute atomic E-state index is 5.02. The van der Waals surface area contributed by atoms with E-state index in [1.54, 1.807) is 0 Å². The molecule has 2 nitrogen and oxygen atoms in total. The average Bonchev–Trinajstić information content (AvgIpc) is 3.72. The van der Waals surface area contributed by atoms with Crippen LogP contribution in [0.4, 0.5) is 11.5 Å². The smallest absolute Gasteiger partial charge is 0.133 e. The summed E-state index contributed by atoms with van der Waals surface area (Å²) in [5.74, 6) is 1.28. The molecule has 11 aromatic carbocycles. The molecular formula is C68H48N2. The van der Waals surface area contributed by atoms with Gasteiger partial charge in [0.15, 0.2) is 0 Å². The monoisotopic (exact) mass is 892 g/mol. The number of hydrogen-bond donors (Lipinski definition) is 0. The van der Waals surface area contributed by atoms with Crippen LogP contribution in [-0.4, -0.2) is 11.0 Å². The number of pyridine rings is 1. The molecule has 12 aromatic rings. The molecule has 0 saturated heterocycles. The summed E-state index contributed by atoms with van der Waals surface area (Å²) in [7, 11) is 0. The minimum absolute atomic E-state index is 0.155. The molecular weight excluding hydrogens is 845 g/mol. The van der Waals surface area contributed by atoms with E-state index < -0.39 is 0 Å². The van der Waals surface area contributed by atoms with Crippen LogP contribution in [0.3, 0.4) is 0 Å². The molecule has 0 bridgehead atoms. The van der Waals surface area contributed by atoms with Crippen molar-refractivity contribution in [3.63, 3.8) is 0 Å². The van der Waals surface area contributed by atoms with Gasteiger partial charge in [-0.2, -0.15) is 0 Å². The van der Waals surface area contributed by atoms with Crippen molar-refractivity contribution in [2.24, 2.45) is 0 Å². The largest absolute Gasteiger partial charge is 0.319 e. The first kappa shape index (κ1) is 41.3. The predicted octanol–water partition coefficient (Wildman–Crippen LogP) is 18.5. The Kier molecular flexibility index (Phi) is 10.1. The molecule has 1 aliphatic rings. The molecule has 2 atom stereocenters. The lowest BCUT2D eigenvalue weighted by molar-refractivity contribution is 0.693. The molecule has 1 aromatic heterocycles. The van der Waals surface area contributed by atoms with Gasteiger partial charge in [-0.1, -0.05) is 213 Å². The van der Waals surface area contributed by atoms with Crippen molar-refractivity contribution in [3.05, 3.63) is 261 Å². The van der Waals surface area contributed by atoms with Crippen LogP contribution < -0.4 is 4.90 Å². The van der Waals surface area contributed by atoms with E-state index in [0.29, 0.717) is 5.92 Å². The van der Waals surface area contributed by atoms with E-state index in [2.05, 4.69) is 255 Å². The fourth-order valence-electron chi connectivity index (χ4n) is 11.2. The van der Waals surface area contributed by atoms with Gasteiger partial charge in [-0.15, -0.1) is 6.58 Å². The Hall–Kier alpha value is -8.85. The zero-order chi connectivity index (χ0) is 46.7. The van der Waals surface area contributed by atoms with Crippen molar-refractivity contribution in [2.75, 3.05) is 4.90 Å². The Morgan fingerprint density at radius 2 is 0.786 bits per heavy atom. The van der Waals surface area contributed by atoms with E-state index >= 15 is 0 Å². The third-order valence-electron chi connectivity index (χ3n) is 14.8. The second-order valence-electron chi connectivity index (χ2n) is 18.8. The van der Waals surface area contributed by atoms with Crippen LogP contribution in [0.1, 0.15) is 18.4 Å². The Bertz CT molecular complexity index is 3960. The molecule has 2 heterocycles. The van der Waals surface area contributed by atoms with Gasteiger partial charge in [0.1, 0.15) is 5.82 Å². The lowest BCUT2D eigenvalue weighted by Gasteiger charge is -2.26. The highest BCUT2D eigenvalue weighted by Crippen LogP contribution is 2.47. The lowest BCUT2D eigenvalue weighted by atomic mass is 9.84. The Morgan fingerprint density at radius 1 is 0.371 bits per heavy atom. The highest BCUT2D eigenvalue weighted by atomic mass is 15.2. The number of nitrogens with zero attached hydrogens (tertiary/aromatic N) is 2. The molecule has 0 fully saturated rings. The maximum atomic E-state index is 5.02. The number of rotatable bonds is 8. The van der Waals surface area contributed by atoms with Crippen molar-refractivity contribution in [3.8, 4) is 66.8 Å². The molecule has 0 spiro atoms. The Morgan fingerprint density at radius 3 is 1.33 bits per heavy atom. The number of hydrogen-bond acceptors (Lipinski definition) is 2. The summed E-state index contributed by atoms with van der Waals surface area (Å²) in [4.78, 5) is 7.35. The van der Waals surface area contributed by atoms with E-state index in [9.17, 15) is 0 Å². The third-order valence-corrected chi connectivity index (χ3v) is 14.8. The number of aromatic nitrogens is 1. The van der Waals surface area contributed by atoms with Crippen LogP contribution >= 0.6 is 0 Å². The number of anilines is 2. The van der Waals surface area contributed by atoms with Gasteiger partial charge in [0.2, 0.25) is 0 Å². The third kappa shape index (κ3) is 7.07. The SMILES string of the molecule is C=CC1C(C)c2ccccc2N1c1ccc(-c2ccc(-c3ccc4c(-c5ccc(-c6ccc7ccccc7c6)cc5)c5ccccc5c(-c5ccc(-c6ccc7ccccc7c6)cc5)c4c3)cc2)cn1. The highest BCUT2D eigenvalue weighted by molar-refractivity contribution is 6.22. The normalized spacial score (nSPS) is 14.4. The second-order valence-corrected chi connectivity index (χ2v) is 18.8. The first-order valence-corrected chi connectivity index (χ1v) is 24.3. The first-order chi connectivity index (χ1) is 34.6. The summed E-state index contributed by atoms with van der Waals surface area (Å²) in [6.07, 6.45) is 4.05. The minimum Gasteiger partial charge on any atom is -0.319 e. The first-order valence-electron chi connectivity index (χ1n) is 24.3. The molecule has 70 heavy (non-hydrogen) atoms. The molecule has 2 heteroatoms. The molecule has 0 aliphatic carbocycles. The van der Waals surface area contributed by atoms with Crippen molar-refractivity contribution >= 4 is 54.6 Å². The zero-order valence-corrected chi connectivity index (χ0v) is 38.9. The van der Waals surface area contributed by atoms with Gasteiger partial charge in [-0.3, -0.25) is 0 Å². The number of benzene rings is 11. The maximum Gasteiger partial charge on any atom is 0.133 e. The molecule has 330 valence electrons. The molecule has 0 radical (unpaired) electrons. The molecule has 0 amide bonds. The quantitative estimate of drug-likeness (QED) is 0.112. The lowest BCUT2D eigenvalue weighted by Crippen LogP contribution is -2.27. The average molecular weight is 893 g/mol. The van der Waals surface area contributed by atoms with E-state index in [4.69, 9.17) is 4.98 Å². The molecule has 2 unspecified atom stereocenters. The minimum atomic E-state index is 0.155. The van der Waals surface area contributed by atoms with Gasteiger partial charge < -0.3 is 4.90 Å². The highest BCUT2D eigenvalue weighted by Gasteiger charge is 2.35. The summed E-state index contributed by atoms with van der Waals surface area (Å²) in [5.41, 5.74) is 16.8. The molecule has 0 saturated carbocycles. The Balaban J connectivity index is 0.903. The van der Waals surface area contributed by atoms with Crippen LogP contribution in [0, 0.1) is 0 Å². The van der Waals surface area contributed by atoms with E-state index in [-0.39, 0.29) is 6.04 Å². The summed E-state index contributed by atoms with van der Waals surface area (Å²) in [6.45, 7) is 6.46. The van der Waals surface area contributed by atoms with Gasteiger partial charge in [-0.25, -0.2) is 4.98 Å². The van der Waals surface area contributed by atoms with Crippen LogP contribution in [0.2, 0.25) is 0 Å². The van der Waals surface area contributed by atoms with Crippen LogP contribution in [-0.2, 0) is 0 Å². The summed E-state index contributed by atoms with van der Waals surface area (Å²) in [5, 5.41) is 9.93. The fourth-order valence-corrected chi connectivity index (χ4v) is 11.2. The Labute approximate surface area is 409 Å². The van der Waals surface area contributed by atoms with Crippen molar-refractivity contribution in [1.82, 2.24) is 4.98 Å². The van der Waals surface area contributed by atoms with Gasteiger partial charge in [0.25, 0.3) is 0 Å². The van der Waals surface area contributed by atoms with Gasteiger partial charge in [-0.05, 0) is 146 Å². The summed E-state index contributed by atoms with van der Waals surface area (Å²) >= 11 is 0. The van der Waals surface area contributed by atoms with Crippen molar-refractivity contribution < 1.29 is 0 Å². The van der Waals surface area contributed by atoms with Crippen molar-refractivity contribution in [1.29, 1.82) is 0 Å². The van der Waals surface area contributed by atoms with E-state index in [0.717, 1.165) is 16.9 Å². The predicted molar refractivity (Wildman–Crippen MR) is 298 cm³/mol. The summed E-state index contributed by atoms with van der Waals surface area (Å²) < 4.78 is 0. The van der Waals surface area contributed by atoms with Crippen LogP contribution in [0.5, 0.6) is 0 Å². The van der Waals surface area contributed by atoms with E-state index in [1.807, 2.05) is 12.3 Å². The number of para-hydroxylation sites is 1. The van der Waals surface area contributed by atoms with E-state index in [1.165, 1.54) is 110 Å². The van der Waals surface area contributed by atoms with Gasteiger partial charge in [0, 0.05) is 23.4 Å². The van der Waals surface area contributed by atoms with Crippen LogP contribution in [0.25, 0.3) is 110 Å². The summed E-state index contributed by atoms with van der Waals surface area (Å²) in [6, 6.07) is 87.1. The fraction of sp³-hybridized carbons (Fsp3) is 0.0441. The zero-order valence-electron chi connectivity index (χ0n) is 38.9. The molecule has 0 N–H and O–H groups in total. The molecule has 1 aliphatic heterocycles. The second kappa shape index (κ2) is 17.0. The van der Waals surface area contributed by atoms with Gasteiger partial charge >= 0.3 is 0 Å². The number of fused-ring (bicyclic) bond motifs is 5. The van der Waals surface area contributed by atoms with Crippen molar-refractivity contribution in [2.45, 2.75) is 18.9 Å². The molecule has 13 rings (SSSR count). The van der Waals surface area contributed by atoms with Gasteiger partial charge in [0.05, 0.1) is 6.04 Å². The van der Waals surface area contributed by atoms with Crippen LogP contribution in [0.15, 0.2) is 255 Å².